The van der Waals surface area contributed by atoms with Gasteiger partial charge in [0, 0.05) is 6.54 Å². The maximum Gasteiger partial charge on any atom is 0.252 e. The fourth-order valence-corrected chi connectivity index (χ4v) is 0.950. The molecule has 0 aliphatic heterocycles. The number of nitrogens with zero attached hydrogens (tertiary/aromatic N) is 1. The molecule has 0 saturated heterocycles. The highest BCUT2D eigenvalue weighted by atomic mass is 16.2. The molecule has 14 heavy (non-hydrogen) atoms. The topological polar surface area (TPSA) is 37.4 Å². The molecule has 1 atom stereocenters. The van der Waals surface area contributed by atoms with E-state index in [1.807, 2.05) is 13.8 Å². The van der Waals surface area contributed by atoms with Crippen LogP contribution in [0.25, 0.3) is 0 Å². The van der Waals surface area contributed by atoms with Gasteiger partial charge < -0.3 is 0 Å². The molecule has 0 fully saturated rings. The van der Waals surface area contributed by atoms with E-state index in [1.165, 1.54) is 0 Å². The molecular weight excluding hydrogens is 178 g/mol. The fourth-order valence-electron chi connectivity index (χ4n) is 0.950. The molecule has 0 aromatic carbocycles. The summed E-state index contributed by atoms with van der Waals surface area (Å²) in [7, 11) is 0. The smallest absolute Gasteiger partial charge is 0.252 e. The molecule has 1 unspecified atom stereocenters. The minimum Gasteiger partial charge on any atom is -0.275 e. The first-order valence-electron chi connectivity index (χ1n) is 4.67. The van der Waals surface area contributed by atoms with E-state index in [2.05, 4.69) is 13.2 Å². The van der Waals surface area contributed by atoms with Crippen molar-refractivity contribution < 1.29 is 9.59 Å². The molecule has 2 amide bonds. The Morgan fingerprint density at radius 2 is 1.71 bits per heavy atom. The predicted octanol–water partition coefficient (Wildman–Crippen LogP) is 1.76. The zero-order valence-electron chi connectivity index (χ0n) is 8.82. The molecule has 0 saturated carbocycles. The van der Waals surface area contributed by atoms with E-state index >= 15 is 0 Å². The summed E-state index contributed by atoms with van der Waals surface area (Å²) < 4.78 is 0. The lowest BCUT2D eigenvalue weighted by molar-refractivity contribution is -0.139. The molecule has 0 spiro atoms. The third-order valence-electron chi connectivity index (χ3n) is 2.07. The van der Waals surface area contributed by atoms with Gasteiger partial charge in [0.2, 0.25) is 0 Å². The van der Waals surface area contributed by atoms with Crippen molar-refractivity contribution in [3.63, 3.8) is 0 Å². The van der Waals surface area contributed by atoms with E-state index in [0.717, 1.165) is 23.5 Å². The van der Waals surface area contributed by atoms with Crippen molar-refractivity contribution in [1.29, 1.82) is 0 Å². The molecule has 0 bridgehead atoms. The summed E-state index contributed by atoms with van der Waals surface area (Å²) in [5.74, 6) is -0.437. The van der Waals surface area contributed by atoms with Gasteiger partial charge in [-0.2, -0.15) is 0 Å². The Bertz CT molecular complexity index is 226. The summed E-state index contributed by atoms with van der Waals surface area (Å²) in [5, 5.41) is 0. The van der Waals surface area contributed by atoms with Crippen LogP contribution in [0, 0.1) is 5.92 Å². The van der Waals surface area contributed by atoms with Crippen LogP contribution in [0.15, 0.2) is 25.3 Å². The zero-order chi connectivity index (χ0) is 11.1. The fraction of sp³-hybridized carbons (Fsp3) is 0.455. The van der Waals surface area contributed by atoms with Gasteiger partial charge in [0.05, 0.1) is 0 Å². The Morgan fingerprint density at radius 1 is 1.29 bits per heavy atom. The number of hydrogen-bond donors (Lipinski definition) is 0. The highest BCUT2D eigenvalue weighted by Crippen LogP contribution is 2.05. The average Bonchev–Trinajstić information content (AvgIpc) is 2.23. The van der Waals surface area contributed by atoms with E-state index in [0.29, 0.717) is 12.5 Å². The van der Waals surface area contributed by atoms with Gasteiger partial charge in [-0.3, -0.25) is 14.5 Å². The summed E-state index contributed by atoms with van der Waals surface area (Å²) >= 11 is 0. The second kappa shape index (κ2) is 6.13. The van der Waals surface area contributed by atoms with E-state index in [-0.39, 0.29) is 11.8 Å². The lowest BCUT2D eigenvalue weighted by Crippen LogP contribution is -2.37. The largest absolute Gasteiger partial charge is 0.275 e. The van der Waals surface area contributed by atoms with Gasteiger partial charge in [0.1, 0.15) is 0 Å². The third kappa shape index (κ3) is 3.56. The quantitative estimate of drug-likeness (QED) is 0.627. The number of hydrogen-bond acceptors (Lipinski definition) is 2. The molecule has 0 heterocycles. The Morgan fingerprint density at radius 3 is 2.00 bits per heavy atom. The van der Waals surface area contributed by atoms with E-state index in [1.54, 1.807) is 0 Å². The van der Waals surface area contributed by atoms with Gasteiger partial charge in [0.15, 0.2) is 0 Å². The second-order valence-corrected chi connectivity index (χ2v) is 3.21. The van der Waals surface area contributed by atoms with Crippen LogP contribution < -0.4 is 0 Å². The highest BCUT2D eigenvalue weighted by molar-refractivity contribution is 6.04. The first kappa shape index (κ1) is 12.6. The number of rotatable bonds is 5. The Kier molecular flexibility index (Phi) is 5.53. The van der Waals surface area contributed by atoms with Gasteiger partial charge in [-0.05, 0) is 18.1 Å². The van der Waals surface area contributed by atoms with Crippen molar-refractivity contribution in [2.75, 3.05) is 6.54 Å². The maximum absolute atomic E-state index is 11.3. The van der Waals surface area contributed by atoms with Crippen LogP contribution >= 0.6 is 0 Å². The number of carbonyl (C=O) groups is 2. The van der Waals surface area contributed by atoms with Crippen LogP contribution in [-0.4, -0.2) is 23.3 Å². The monoisotopic (exact) mass is 195 g/mol. The van der Waals surface area contributed by atoms with Crippen molar-refractivity contribution in [3.05, 3.63) is 25.3 Å². The molecule has 3 nitrogen and oxygen atoms in total. The van der Waals surface area contributed by atoms with Crippen molar-refractivity contribution in [2.24, 2.45) is 5.92 Å². The molecule has 0 aliphatic rings. The molecule has 0 radical (unpaired) electrons. The minimum atomic E-state index is -0.366. The van der Waals surface area contributed by atoms with E-state index in [4.69, 9.17) is 0 Å². The van der Waals surface area contributed by atoms with Gasteiger partial charge >= 0.3 is 0 Å². The molecule has 0 aliphatic carbocycles. The van der Waals surface area contributed by atoms with Gasteiger partial charge in [-0.1, -0.05) is 33.4 Å². The van der Waals surface area contributed by atoms with Crippen LogP contribution in [-0.2, 0) is 9.59 Å². The number of amides is 2. The molecule has 78 valence electrons. The number of imide groups is 1. The molecule has 0 aromatic rings. The Hall–Kier alpha value is -1.38. The summed E-state index contributed by atoms with van der Waals surface area (Å²) in [6, 6.07) is 0. The minimum absolute atomic E-state index is 0.294. The van der Waals surface area contributed by atoms with Crippen LogP contribution in [0.5, 0.6) is 0 Å². The van der Waals surface area contributed by atoms with Crippen LogP contribution in [0.4, 0.5) is 0 Å². The standard InChI is InChI=1S/C11H17NO2/c1-5-9(4)8-12(10(13)6-2)11(14)7-3/h6-7,9H,2-3,5,8H2,1,4H3. The number of carbonyl (C=O) groups excluding carboxylic acids is 2. The van der Waals surface area contributed by atoms with Crippen LogP contribution in [0.3, 0.4) is 0 Å². The van der Waals surface area contributed by atoms with Crippen LogP contribution in [0.1, 0.15) is 20.3 Å². The predicted molar refractivity (Wildman–Crippen MR) is 56.6 cm³/mol. The lowest BCUT2D eigenvalue weighted by Gasteiger charge is -2.20. The first-order valence-corrected chi connectivity index (χ1v) is 4.67. The summed E-state index contributed by atoms with van der Waals surface area (Å²) in [6.07, 6.45) is 3.21. The molecule has 0 N–H and O–H groups in total. The molecule has 3 heteroatoms. The zero-order valence-corrected chi connectivity index (χ0v) is 8.82. The summed E-state index contributed by atoms with van der Waals surface area (Å²) in [6.45, 7) is 11.1. The maximum atomic E-state index is 11.3. The average molecular weight is 195 g/mol. The third-order valence-corrected chi connectivity index (χ3v) is 2.07. The van der Waals surface area contributed by atoms with Crippen molar-refractivity contribution >= 4 is 11.8 Å². The second-order valence-electron chi connectivity index (χ2n) is 3.21. The van der Waals surface area contributed by atoms with Crippen molar-refractivity contribution in [3.8, 4) is 0 Å². The normalized spacial score (nSPS) is 11.6. The molecular formula is C11H17NO2. The van der Waals surface area contributed by atoms with E-state index < -0.39 is 0 Å². The Balaban J connectivity index is 4.55. The van der Waals surface area contributed by atoms with Gasteiger partial charge in [-0.15, -0.1) is 0 Å². The lowest BCUT2D eigenvalue weighted by atomic mass is 10.1. The first-order chi connectivity index (χ1) is 6.56. The summed E-state index contributed by atoms with van der Waals surface area (Å²) in [5.41, 5.74) is 0. The van der Waals surface area contributed by atoms with Gasteiger partial charge in [-0.25, -0.2) is 0 Å². The molecule has 0 aromatic heterocycles. The van der Waals surface area contributed by atoms with E-state index in [9.17, 15) is 9.59 Å². The molecule has 0 rings (SSSR count). The van der Waals surface area contributed by atoms with Crippen molar-refractivity contribution in [1.82, 2.24) is 4.90 Å². The van der Waals surface area contributed by atoms with Crippen molar-refractivity contribution in [2.45, 2.75) is 20.3 Å². The summed E-state index contributed by atoms with van der Waals surface area (Å²) in [4.78, 5) is 23.8. The Labute approximate surface area is 85.1 Å². The highest BCUT2D eigenvalue weighted by Gasteiger charge is 2.18. The van der Waals surface area contributed by atoms with Crippen LogP contribution in [0.2, 0.25) is 0 Å². The SMILES string of the molecule is C=CC(=O)N(CC(C)CC)C(=O)C=C. The van der Waals surface area contributed by atoms with Gasteiger partial charge in [0.25, 0.3) is 11.8 Å².